The molecule has 0 saturated carbocycles. The van der Waals surface area contributed by atoms with E-state index in [4.69, 9.17) is 28.9 Å². The van der Waals surface area contributed by atoms with Gasteiger partial charge in [0.1, 0.15) is 0 Å². The second kappa shape index (κ2) is 5.14. The molecule has 1 nitrogen and oxygen atoms in total. The molecular weight excluding hydrogens is 297 g/mol. The molecule has 3 rings (SSSR count). The third kappa shape index (κ3) is 2.49. The van der Waals surface area contributed by atoms with Crippen LogP contribution in [0.4, 0.5) is 0 Å². The van der Waals surface area contributed by atoms with Gasteiger partial charge in [0, 0.05) is 19.6 Å². The molecule has 0 aliphatic heterocycles. The summed E-state index contributed by atoms with van der Waals surface area (Å²) in [4.78, 5) is 1.10. The lowest BCUT2D eigenvalue weighted by Crippen LogP contribution is -2.10. The minimum atomic E-state index is -0.220. The van der Waals surface area contributed by atoms with Crippen LogP contribution in [-0.2, 0) is 0 Å². The van der Waals surface area contributed by atoms with Crippen LogP contribution >= 0.6 is 34.5 Å². The van der Waals surface area contributed by atoms with Gasteiger partial charge in [-0.05, 0) is 35.2 Å². The van der Waals surface area contributed by atoms with Gasteiger partial charge in [-0.2, -0.15) is 0 Å². The van der Waals surface area contributed by atoms with Gasteiger partial charge in [-0.3, -0.25) is 0 Å². The van der Waals surface area contributed by atoms with Gasteiger partial charge >= 0.3 is 0 Å². The van der Waals surface area contributed by atoms with Crippen molar-refractivity contribution in [3.8, 4) is 0 Å². The highest BCUT2D eigenvalue weighted by Gasteiger charge is 2.15. The fraction of sp³-hybridized carbons (Fsp3) is 0.0667. The first-order valence-corrected chi connectivity index (χ1v) is 7.41. The number of thiophene rings is 1. The average molecular weight is 308 g/mol. The van der Waals surface area contributed by atoms with Crippen LogP contribution in [0.3, 0.4) is 0 Å². The predicted octanol–water partition coefficient (Wildman–Crippen LogP) is 5.26. The Bertz CT molecular complexity index is 703. The van der Waals surface area contributed by atoms with Gasteiger partial charge in [-0.1, -0.05) is 47.5 Å². The topological polar surface area (TPSA) is 26.0 Å². The first-order valence-electron chi connectivity index (χ1n) is 5.84. The van der Waals surface area contributed by atoms with Gasteiger partial charge < -0.3 is 5.73 Å². The Morgan fingerprint density at radius 3 is 2.53 bits per heavy atom. The number of benzene rings is 2. The third-order valence-electron chi connectivity index (χ3n) is 3.05. The molecule has 1 atom stereocenters. The summed E-state index contributed by atoms with van der Waals surface area (Å²) in [6, 6.07) is 15.6. The first-order chi connectivity index (χ1) is 9.15. The number of hydrogen-bond acceptors (Lipinski definition) is 2. The Hall–Kier alpha value is -1.06. The number of rotatable bonds is 2. The van der Waals surface area contributed by atoms with E-state index in [-0.39, 0.29) is 6.04 Å². The van der Waals surface area contributed by atoms with Gasteiger partial charge in [0.25, 0.3) is 0 Å². The van der Waals surface area contributed by atoms with Crippen molar-refractivity contribution in [3.05, 3.63) is 69.0 Å². The molecule has 0 radical (unpaired) electrons. The average Bonchev–Trinajstić information content (AvgIpc) is 2.81. The third-order valence-corrected chi connectivity index (χ3v) is 4.81. The summed E-state index contributed by atoms with van der Waals surface area (Å²) in [5, 5.41) is 2.44. The molecule has 3 aromatic rings. The van der Waals surface area contributed by atoms with E-state index in [9.17, 15) is 0 Å². The van der Waals surface area contributed by atoms with Gasteiger partial charge in [-0.25, -0.2) is 0 Å². The van der Waals surface area contributed by atoms with Crippen LogP contribution in [0, 0.1) is 0 Å². The van der Waals surface area contributed by atoms with Crippen molar-refractivity contribution in [1.29, 1.82) is 0 Å². The van der Waals surface area contributed by atoms with Gasteiger partial charge in [0.2, 0.25) is 0 Å². The molecule has 19 heavy (non-hydrogen) atoms. The largest absolute Gasteiger partial charge is 0.320 e. The van der Waals surface area contributed by atoms with Crippen LogP contribution in [0.15, 0.2) is 48.5 Å². The summed E-state index contributed by atoms with van der Waals surface area (Å²) in [7, 11) is 0. The van der Waals surface area contributed by atoms with Crippen molar-refractivity contribution in [1.82, 2.24) is 0 Å². The molecule has 0 fully saturated rings. The van der Waals surface area contributed by atoms with Crippen LogP contribution < -0.4 is 5.73 Å². The zero-order valence-corrected chi connectivity index (χ0v) is 12.3. The normalized spacial score (nSPS) is 12.8. The van der Waals surface area contributed by atoms with Crippen LogP contribution in [0.25, 0.3) is 10.1 Å². The summed E-state index contributed by atoms with van der Waals surface area (Å²) in [5.41, 5.74) is 7.21. The van der Waals surface area contributed by atoms with E-state index in [2.05, 4.69) is 18.2 Å². The van der Waals surface area contributed by atoms with Crippen LogP contribution in [-0.4, -0.2) is 0 Å². The molecule has 0 saturated heterocycles. The van der Waals surface area contributed by atoms with E-state index in [1.54, 1.807) is 17.4 Å². The molecule has 96 valence electrons. The Kier molecular flexibility index (Phi) is 3.50. The summed E-state index contributed by atoms with van der Waals surface area (Å²) in [6.45, 7) is 0. The van der Waals surface area contributed by atoms with E-state index >= 15 is 0 Å². The van der Waals surface area contributed by atoms with Crippen LogP contribution in [0.2, 0.25) is 10.0 Å². The minimum Gasteiger partial charge on any atom is -0.320 e. The van der Waals surface area contributed by atoms with E-state index in [0.29, 0.717) is 10.0 Å². The van der Waals surface area contributed by atoms with Crippen molar-refractivity contribution in [3.63, 3.8) is 0 Å². The predicted molar refractivity (Wildman–Crippen MR) is 84.3 cm³/mol. The molecule has 0 aliphatic rings. The maximum atomic E-state index is 6.31. The SMILES string of the molecule is NC(c1cc2ccccc2s1)c1ccc(Cl)cc1Cl. The monoisotopic (exact) mass is 307 g/mol. The van der Waals surface area contributed by atoms with Gasteiger partial charge in [0.15, 0.2) is 0 Å². The number of fused-ring (bicyclic) bond motifs is 1. The second-order valence-corrected chi connectivity index (χ2v) is 6.29. The Labute approximate surface area is 125 Å². The molecule has 0 spiro atoms. The van der Waals surface area contributed by atoms with Crippen LogP contribution in [0.1, 0.15) is 16.5 Å². The van der Waals surface area contributed by atoms with E-state index in [1.807, 2.05) is 24.3 Å². The minimum absolute atomic E-state index is 0.220. The molecule has 1 heterocycles. The number of halogens is 2. The van der Waals surface area contributed by atoms with E-state index in [0.717, 1.165) is 10.4 Å². The lowest BCUT2D eigenvalue weighted by Gasteiger charge is -2.12. The van der Waals surface area contributed by atoms with Crippen molar-refractivity contribution in [2.45, 2.75) is 6.04 Å². The van der Waals surface area contributed by atoms with E-state index in [1.165, 1.54) is 10.1 Å². The Balaban J connectivity index is 2.05. The zero-order chi connectivity index (χ0) is 13.4. The maximum absolute atomic E-state index is 6.31. The van der Waals surface area contributed by atoms with Gasteiger partial charge in [-0.15, -0.1) is 11.3 Å². The summed E-state index contributed by atoms with van der Waals surface area (Å²) < 4.78 is 1.23. The molecule has 2 aromatic carbocycles. The summed E-state index contributed by atoms with van der Waals surface area (Å²) in [5.74, 6) is 0. The highest BCUT2D eigenvalue weighted by atomic mass is 35.5. The molecule has 2 N–H and O–H groups in total. The highest BCUT2D eigenvalue weighted by molar-refractivity contribution is 7.19. The van der Waals surface area contributed by atoms with Crippen molar-refractivity contribution in [2.75, 3.05) is 0 Å². The fourth-order valence-electron chi connectivity index (χ4n) is 2.06. The molecule has 0 amide bonds. The van der Waals surface area contributed by atoms with Crippen molar-refractivity contribution < 1.29 is 0 Å². The standard InChI is InChI=1S/C15H11Cl2NS/c16-10-5-6-11(12(17)8-10)15(18)14-7-9-3-1-2-4-13(9)19-14/h1-8,15H,18H2. The molecule has 0 aliphatic carbocycles. The maximum Gasteiger partial charge on any atom is 0.0661 e. The first kappa shape index (κ1) is 12.9. The lowest BCUT2D eigenvalue weighted by molar-refractivity contribution is 0.894. The zero-order valence-electron chi connectivity index (χ0n) is 9.94. The van der Waals surface area contributed by atoms with Crippen molar-refractivity contribution >= 4 is 44.6 Å². The van der Waals surface area contributed by atoms with Crippen molar-refractivity contribution in [2.24, 2.45) is 5.73 Å². The molecular formula is C15H11Cl2NS. The molecule has 4 heteroatoms. The molecule has 1 aromatic heterocycles. The summed E-state index contributed by atoms with van der Waals surface area (Å²) >= 11 is 13.8. The number of nitrogens with two attached hydrogens (primary N) is 1. The highest BCUT2D eigenvalue weighted by Crippen LogP contribution is 2.35. The lowest BCUT2D eigenvalue weighted by atomic mass is 10.1. The van der Waals surface area contributed by atoms with E-state index < -0.39 is 0 Å². The number of hydrogen-bond donors (Lipinski definition) is 1. The summed E-state index contributed by atoms with van der Waals surface area (Å²) in [6.07, 6.45) is 0. The smallest absolute Gasteiger partial charge is 0.0661 e. The fourth-order valence-corrected chi connectivity index (χ4v) is 3.67. The molecule has 1 unspecified atom stereocenters. The van der Waals surface area contributed by atoms with Crippen LogP contribution in [0.5, 0.6) is 0 Å². The Morgan fingerprint density at radius 2 is 1.79 bits per heavy atom. The molecule has 0 bridgehead atoms. The van der Waals surface area contributed by atoms with Gasteiger partial charge in [0.05, 0.1) is 6.04 Å². The quantitative estimate of drug-likeness (QED) is 0.687. The second-order valence-electron chi connectivity index (χ2n) is 4.33. The Morgan fingerprint density at radius 1 is 1.00 bits per heavy atom.